The van der Waals surface area contributed by atoms with Crippen molar-refractivity contribution in [1.82, 2.24) is 5.32 Å². The molecule has 2 aromatic rings. The Balaban J connectivity index is 1.79. The predicted octanol–water partition coefficient (Wildman–Crippen LogP) is 3.00. The molecule has 1 aliphatic rings. The second kappa shape index (κ2) is 6.64. The van der Waals surface area contributed by atoms with Crippen LogP contribution in [0.15, 0.2) is 48.5 Å². The molecule has 1 N–H and O–H groups in total. The minimum atomic E-state index is 0.457. The monoisotopic (exact) mass is 283 g/mol. The molecule has 0 bridgehead atoms. The molecule has 0 aliphatic carbocycles. The van der Waals surface area contributed by atoms with E-state index in [0.717, 1.165) is 24.5 Å². The van der Waals surface area contributed by atoms with Crippen LogP contribution < -0.4 is 14.8 Å². The summed E-state index contributed by atoms with van der Waals surface area (Å²) < 4.78 is 11.2. The molecule has 0 saturated heterocycles. The molecular weight excluding hydrogens is 262 g/mol. The van der Waals surface area contributed by atoms with Crippen LogP contribution in [0.2, 0.25) is 0 Å². The minimum Gasteiger partial charge on any atom is -0.486 e. The largest absolute Gasteiger partial charge is 0.486 e. The van der Waals surface area contributed by atoms with Crippen LogP contribution >= 0.6 is 0 Å². The number of hydrogen-bond acceptors (Lipinski definition) is 3. The Hall–Kier alpha value is -2.00. The molecule has 3 heteroatoms. The number of ether oxygens (including phenoxy) is 2. The number of rotatable bonds is 5. The van der Waals surface area contributed by atoms with Crippen molar-refractivity contribution in [1.29, 1.82) is 0 Å². The van der Waals surface area contributed by atoms with Gasteiger partial charge in [-0.15, -0.1) is 0 Å². The van der Waals surface area contributed by atoms with E-state index in [4.69, 9.17) is 9.47 Å². The van der Waals surface area contributed by atoms with E-state index in [1.54, 1.807) is 0 Å². The Labute approximate surface area is 125 Å². The van der Waals surface area contributed by atoms with Gasteiger partial charge >= 0.3 is 0 Å². The third-order valence-corrected chi connectivity index (χ3v) is 3.81. The van der Waals surface area contributed by atoms with Crippen LogP contribution in [0.5, 0.6) is 11.5 Å². The highest BCUT2D eigenvalue weighted by Gasteiger charge is 2.15. The summed E-state index contributed by atoms with van der Waals surface area (Å²) in [5.74, 6) is 2.18. The fourth-order valence-corrected chi connectivity index (χ4v) is 2.78. The molecular formula is C18H21NO2. The topological polar surface area (TPSA) is 30.5 Å². The van der Waals surface area contributed by atoms with Crippen LogP contribution in [0.3, 0.4) is 0 Å². The molecule has 0 spiro atoms. The summed E-state index contributed by atoms with van der Waals surface area (Å²) in [5, 5.41) is 3.29. The van der Waals surface area contributed by atoms with Gasteiger partial charge < -0.3 is 14.8 Å². The molecule has 0 radical (unpaired) electrons. The average Bonchev–Trinajstić information content (AvgIpc) is 2.55. The molecule has 21 heavy (non-hydrogen) atoms. The van der Waals surface area contributed by atoms with E-state index >= 15 is 0 Å². The summed E-state index contributed by atoms with van der Waals surface area (Å²) in [6.45, 7) is 2.23. The minimum absolute atomic E-state index is 0.457. The van der Waals surface area contributed by atoms with Crippen LogP contribution in [-0.2, 0) is 6.42 Å². The molecule has 1 heterocycles. The Morgan fingerprint density at radius 1 is 1.00 bits per heavy atom. The second-order valence-corrected chi connectivity index (χ2v) is 5.35. The Morgan fingerprint density at radius 3 is 2.52 bits per heavy atom. The Morgan fingerprint density at radius 2 is 1.76 bits per heavy atom. The van der Waals surface area contributed by atoms with Crippen LogP contribution in [0.1, 0.15) is 17.0 Å². The van der Waals surface area contributed by atoms with E-state index in [-0.39, 0.29) is 0 Å². The maximum atomic E-state index is 5.67. The third-order valence-electron chi connectivity index (χ3n) is 3.81. The molecule has 1 unspecified atom stereocenters. The summed E-state index contributed by atoms with van der Waals surface area (Å²) >= 11 is 0. The van der Waals surface area contributed by atoms with E-state index in [0.29, 0.717) is 19.1 Å². The Kier molecular flexibility index (Phi) is 4.41. The molecule has 2 aromatic carbocycles. The first kappa shape index (κ1) is 14.0. The summed E-state index contributed by atoms with van der Waals surface area (Å²) in [7, 11) is 2.00. The van der Waals surface area contributed by atoms with E-state index in [1.807, 2.05) is 13.1 Å². The number of benzene rings is 2. The van der Waals surface area contributed by atoms with Crippen molar-refractivity contribution in [3.63, 3.8) is 0 Å². The lowest BCUT2D eigenvalue weighted by Gasteiger charge is -2.21. The van der Waals surface area contributed by atoms with E-state index in [1.165, 1.54) is 11.1 Å². The predicted molar refractivity (Wildman–Crippen MR) is 84.2 cm³/mol. The van der Waals surface area contributed by atoms with Gasteiger partial charge in [0.25, 0.3) is 0 Å². The van der Waals surface area contributed by atoms with Gasteiger partial charge in [-0.2, -0.15) is 0 Å². The van der Waals surface area contributed by atoms with Crippen molar-refractivity contribution in [3.8, 4) is 11.5 Å². The zero-order valence-corrected chi connectivity index (χ0v) is 12.3. The van der Waals surface area contributed by atoms with Crippen LogP contribution in [0, 0.1) is 0 Å². The lowest BCUT2D eigenvalue weighted by Crippen LogP contribution is -2.19. The van der Waals surface area contributed by atoms with Gasteiger partial charge in [0.2, 0.25) is 0 Å². The van der Waals surface area contributed by atoms with E-state index in [2.05, 4.69) is 47.8 Å². The highest BCUT2D eigenvalue weighted by molar-refractivity contribution is 5.44. The van der Waals surface area contributed by atoms with Crippen LogP contribution in [0.25, 0.3) is 0 Å². The fourth-order valence-electron chi connectivity index (χ4n) is 2.78. The van der Waals surface area contributed by atoms with Gasteiger partial charge in [-0.05, 0) is 36.7 Å². The van der Waals surface area contributed by atoms with Crippen molar-refractivity contribution < 1.29 is 9.47 Å². The first-order chi connectivity index (χ1) is 10.4. The summed E-state index contributed by atoms with van der Waals surface area (Å²) in [4.78, 5) is 0. The van der Waals surface area contributed by atoms with Crippen LogP contribution in [0.4, 0.5) is 0 Å². The van der Waals surface area contributed by atoms with Gasteiger partial charge in [-0.25, -0.2) is 0 Å². The zero-order valence-electron chi connectivity index (χ0n) is 12.3. The highest BCUT2D eigenvalue weighted by atomic mass is 16.6. The summed E-state index contributed by atoms with van der Waals surface area (Å²) in [6.07, 6.45) is 0.988. The lowest BCUT2D eigenvalue weighted by molar-refractivity contribution is 0.171. The van der Waals surface area contributed by atoms with Crippen molar-refractivity contribution in [3.05, 3.63) is 59.7 Å². The lowest BCUT2D eigenvalue weighted by atomic mass is 9.92. The molecule has 3 nitrogen and oxygen atoms in total. The molecule has 1 atom stereocenters. The molecule has 1 aliphatic heterocycles. The van der Waals surface area contributed by atoms with Gasteiger partial charge in [0.15, 0.2) is 11.5 Å². The SMILES string of the molecule is CNCC(Cc1ccc2c(c1)OCCO2)c1ccccc1. The zero-order chi connectivity index (χ0) is 14.5. The van der Waals surface area contributed by atoms with Gasteiger partial charge in [0, 0.05) is 12.5 Å². The van der Waals surface area contributed by atoms with E-state index in [9.17, 15) is 0 Å². The van der Waals surface area contributed by atoms with Crippen molar-refractivity contribution >= 4 is 0 Å². The maximum Gasteiger partial charge on any atom is 0.161 e. The molecule has 0 fully saturated rings. The molecule has 0 aromatic heterocycles. The van der Waals surface area contributed by atoms with Crippen molar-refractivity contribution in [2.24, 2.45) is 0 Å². The van der Waals surface area contributed by atoms with Gasteiger partial charge in [-0.3, -0.25) is 0 Å². The smallest absolute Gasteiger partial charge is 0.161 e. The number of nitrogens with one attached hydrogen (secondary N) is 1. The van der Waals surface area contributed by atoms with Crippen molar-refractivity contribution in [2.75, 3.05) is 26.8 Å². The molecule has 110 valence electrons. The number of hydrogen-bond donors (Lipinski definition) is 1. The summed E-state index contributed by atoms with van der Waals surface area (Å²) in [5.41, 5.74) is 2.64. The van der Waals surface area contributed by atoms with Gasteiger partial charge in [-0.1, -0.05) is 36.4 Å². The average molecular weight is 283 g/mol. The first-order valence-electron chi connectivity index (χ1n) is 7.45. The van der Waals surface area contributed by atoms with Crippen LogP contribution in [-0.4, -0.2) is 26.8 Å². The quantitative estimate of drug-likeness (QED) is 0.915. The number of fused-ring (bicyclic) bond motifs is 1. The summed E-state index contributed by atoms with van der Waals surface area (Å²) in [6, 6.07) is 16.9. The van der Waals surface area contributed by atoms with Gasteiger partial charge in [0.05, 0.1) is 0 Å². The standard InChI is InChI=1S/C18H21NO2/c1-19-13-16(15-5-3-2-4-6-15)11-14-7-8-17-18(12-14)21-10-9-20-17/h2-8,12,16,19H,9-11,13H2,1H3. The maximum absolute atomic E-state index is 5.67. The highest BCUT2D eigenvalue weighted by Crippen LogP contribution is 2.32. The molecule has 3 rings (SSSR count). The third kappa shape index (κ3) is 3.37. The number of likely N-dealkylation sites (N-methyl/N-ethyl adjacent to an activating group) is 1. The normalized spacial score (nSPS) is 14.7. The van der Waals surface area contributed by atoms with Crippen molar-refractivity contribution in [2.45, 2.75) is 12.3 Å². The second-order valence-electron chi connectivity index (χ2n) is 5.35. The molecule has 0 amide bonds. The molecule has 0 saturated carbocycles. The van der Waals surface area contributed by atoms with Gasteiger partial charge in [0.1, 0.15) is 13.2 Å². The Bertz CT molecular complexity index is 583. The fraction of sp³-hybridized carbons (Fsp3) is 0.333. The first-order valence-corrected chi connectivity index (χ1v) is 7.45. The van der Waals surface area contributed by atoms with E-state index < -0.39 is 0 Å².